The van der Waals surface area contributed by atoms with E-state index in [1.807, 2.05) is 0 Å². The molecule has 0 atom stereocenters. The van der Waals surface area contributed by atoms with E-state index in [1.165, 1.54) is 31.4 Å². The van der Waals surface area contributed by atoms with Crippen LogP contribution in [0.4, 0.5) is 13.2 Å². The summed E-state index contributed by atoms with van der Waals surface area (Å²) in [5.74, 6) is 1.36. The zero-order valence-electron chi connectivity index (χ0n) is 17.4. The van der Waals surface area contributed by atoms with Gasteiger partial charge in [0.1, 0.15) is 5.75 Å². The lowest BCUT2D eigenvalue weighted by molar-refractivity contribution is -0.153. The normalized spacial score (nSPS) is 15.5. The van der Waals surface area contributed by atoms with Crippen molar-refractivity contribution in [2.24, 2.45) is 10.9 Å². The van der Waals surface area contributed by atoms with Crippen molar-refractivity contribution in [1.29, 1.82) is 0 Å². The molecule has 0 radical (unpaired) electrons. The maximum absolute atomic E-state index is 12.2. The summed E-state index contributed by atoms with van der Waals surface area (Å²) in [6.45, 7) is 0.198. The molecule has 0 saturated heterocycles. The molecule has 1 amide bonds. The second-order valence-corrected chi connectivity index (χ2v) is 7.46. The van der Waals surface area contributed by atoms with Crippen LogP contribution in [-0.2, 0) is 11.3 Å². The molecule has 1 aromatic carbocycles. The van der Waals surface area contributed by atoms with E-state index in [0.717, 1.165) is 18.4 Å². The molecule has 0 unspecified atom stereocenters. The van der Waals surface area contributed by atoms with Crippen molar-refractivity contribution in [1.82, 2.24) is 16.0 Å². The number of carbonyl (C=O) groups is 1. The number of rotatable bonds is 9. The highest BCUT2D eigenvalue weighted by atomic mass is 19.4. The van der Waals surface area contributed by atoms with Gasteiger partial charge in [0.05, 0.1) is 0 Å². The fourth-order valence-electron chi connectivity index (χ4n) is 3.38. The maximum atomic E-state index is 12.2. The lowest BCUT2D eigenvalue weighted by Crippen LogP contribution is -2.41. The van der Waals surface area contributed by atoms with E-state index in [4.69, 9.17) is 0 Å². The fourth-order valence-corrected chi connectivity index (χ4v) is 3.38. The number of nitrogens with zero attached hydrogens (tertiary/aromatic N) is 1. The minimum absolute atomic E-state index is 0.0967. The molecule has 2 rings (SSSR count). The first-order valence-electron chi connectivity index (χ1n) is 10.4. The quantitative estimate of drug-likeness (QED) is 0.320. The van der Waals surface area contributed by atoms with Gasteiger partial charge in [0.15, 0.2) is 12.6 Å². The topological polar surface area (TPSA) is 74.8 Å². The molecule has 168 valence electrons. The summed E-state index contributed by atoms with van der Waals surface area (Å²) < 4.78 is 41.2. The smallest absolute Gasteiger partial charge is 0.422 e. The third-order valence-electron chi connectivity index (χ3n) is 4.95. The SMILES string of the molecule is CN=C(NCCNC(=O)CC1CCCCC1)NCc1ccc(OCC(F)(F)F)cc1. The third-order valence-corrected chi connectivity index (χ3v) is 4.95. The fraction of sp³-hybridized carbons (Fsp3) is 0.619. The average Bonchev–Trinajstić information content (AvgIpc) is 2.72. The van der Waals surface area contributed by atoms with E-state index in [9.17, 15) is 18.0 Å². The van der Waals surface area contributed by atoms with Gasteiger partial charge in [-0.3, -0.25) is 9.79 Å². The molecule has 6 nitrogen and oxygen atoms in total. The number of hydrogen-bond donors (Lipinski definition) is 3. The summed E-state index contributed by atoms with van der Waals surface area (Å²) in [5.41, 5.74) is 0.873. The van der Waals surface area contributed by atoms with Gasteiger partial charge >= 0.3 is 6.18 Å². The van der Waals surface area contributed by atoms with Crippen molar-refractivity contribution >= 4 is 11.9 Å². The molecular weight excluding hydrogens is 397 g/mol. The lowest BCUT2D eigenvalue weighted by atomic mass is 9.87. The summed E-state index contributed by atoms with van der Waals surface area (Å²) in [4.78, 5) is 16.1. The van der Waals surface area contributed by atoms with E-state index in [1.54, 1.807) is 19.2 Å². The third kappa shape index (κ3) is 9.84. The Morgan fingerprint density at radius 3 is 2.37 bits per heavy atom. The van der Waals surface area contributed by atoms with Gasteiger partial charge in [-0.1, -0.05) is 31.4 Å². The zero-order chi connectivity index (χ0) is 21.8. The molecule has 0 aromatic heterocycles. The summed E-state index contributed by atoms with van der Waals surface area (Å²) in [7, 11) is 1.64. The molecule has 0 bridgehead atoms. The van der Waals surface area contributed by atoms with Gasteiger partial charge in [-0.25, -0.2) is 0 Å². The number of ether oxygens (including phenoxy) is 1. The highest BCUT2D eigenvalue weighted by molar-refractivity contribution is 5.80. The van der Waals surface area contributed by atoms with Gasteiger partial charge in [0, 0.05) is 33.1 Å². The summed E-state index contributed by atoms with van der Waals surface area (Å²) in [6, 6.07) is 6.39. The zero-order valence-corrected chi connectivity index (χ0v) is 17.4. The van der Waals surface area contributed by atoms with Gasteiger partial charge in [0.25, 0.3) is 0 Å². The average molecular weight is 428 g/mol. The Labute approximate surface area is 175 Å². The largest absolute Gasteiger partial charge is 0.484 e. The first-order chi connectivity index (χ1) is 14.4. The van der Waals surface area contributed by atoms with Crippen LogP contribution in [0.3, 0.4) is 0 Å². The van der Waals surface area contributed by atoms with Crippen LogP contribution in [0.5, 0.6) is 5.75 Å². The van der Waals surface area contributed by atoms with Gasteiger partial charge in [-0.2, -0.15) is 13.2 Å². The first-order valence-corrected chi connectivity index (χ1v) is 10.4. The predicted octanol–water partition coefficient (Wildman–Crippen LogP) is 3.38. The van der Waals surface area contributed by atoms with Crippen molar-refractivity contribution in [2.45, 2.75) is 51.2 Å². The van der Waals surface area contributed by atoms with Crippen molar-refractivity contribution < 1.29 is 22.7 Å². The van der Waals surface area contributed by atoms with Crippen LogP contribution in [-0.4, -0.2) is 44.8 Å². The molecule has 0 aliphatic heterocycles. The Balaban J connectivity index is 1.61. The Hall–Kier alpha value is -2.45. The Bertz CT molecular complexity index is 672. The summed E-state index contributed by atoms with van der Waals surface area (Å²) in [5, 5.41) is 9.18. The molecule has 9 heteroatoms. The second-order valence-electron chi connectivity index (χ2n) is 7.46. The molecule has 3 N–H and O–H groups in total. The van der Waals surface area contributed by atoms with Crippen LogP contribution in [0.15, 0.2) is 29.3 Å². The number of alkyl halides is 3. The Morgan fingerprint density at radius 1 is 1.07 bits per heavy atom. The number of hydrogen-bond acceptors (Lipinski definition) is 3. The number of amides is 1. The molecule has 1 aromatic rings. The van der Waals surface area contributed by atoms with Crippen molar-refractivity contribution in [3.05, 3.63) is 29.8 Å². The minimum Gasteiger partial charge on any atom is -0.484 e. The van der Waals surface area contributed by atoms with E-state index < -0.39 is 12.8 Å². The molecule has 1 fully saturated rings. The van der Waals surface area contributed by atoms with Crippen LogP contribution < -0.4 is 20.7 Å². The number of carbonyl (C=O) groups excluding carboxylic acids is 1. The Morgan fingerprint density at radius 2 is 1.73 bits per heavy atom. The van der Waals surface area contributed by atoms with Crippen molar-refractivity contribution in [2.75, 3.05) is 26.7 Å². The van der Waals surface area contributed by atoms with Crippen molar-refractivity contribution in [3.8, 4) is 5.75 Å². The standard InChI is InChI=1S/C21H31F3N4O2/c1-25-20(27-12-11-26-19(29)13-16-5-3-2-4-6-16)28-14-17-7-9-18(10-8-17)30-15-21(22,23)24/h7-10,16H,2-6,11-15H2,1H3,(H,26,29)(H2,25,27,28). The summed E-state index contributed by atoms with van der Waals surface area (Å²) in [6.07, 6.45) is 2.29. The number of guanidine groups is 1. The lowest BCUT2D eigenvalue weighted by Gasteiger charge is -2.20. The molecular formula is C21H31F3N4O2. The number of aliphatic imine (C=N–C) groups is 1. The summed E-state index contributed by atoms with van der Waals surface area (Å²) >= 11 is 0. The van der Waals surface area contributed by atoms with E-state index in [0.29, 0.717) is 37.9 Å². The minimum atomic E-state index is -4.35. The van der Waals surface area contributed by atoms with Crippen LogP contribution in [0.2, 0.25) is 0 Å². The highest BCUT2D eigenvalue weighted by Crippen LogP contribution is 2.26. The van der Waals surface area contributed by atoms with Crippen LogP contribution in [0.25, 0.3) is 0 Å². The molecule has 1 aliphatic rings. The van der Waals surface area contributed by atoms with E-state index in [-0.39, 0.29) is 11.7 Å². The molecule has 0 heterocycles. The van der Waals surface area contributed by atoms with Crippen LogP contribution >= 0.6 is 0 Å². The van der Waals surface area contributed by atoms with Gasteiger partial charge < -0.3 is 20.7 Å². The van der Waals surface area contributed by atoms with Gasteiger partial charge in [0.2, 0.25) is 5.91 Å². The molecule has 0 spiro atoms. The highest BCUT2D eigenvalue weighted by Gasteiger charge is 2.28. The van der Waals surface area contributed by atoms with Gasteiger partial charge in [-0.05, 0) is 36.5 Å². The predicted molar refractivity (Wildman–Crippen MR) is 110 cm³/mol. The number of nitrogens with one attached hydrogen (secondary N) is 3. The number of halogens is 3. The van der Waals surface area contributed by atoms with Gasteiger partial charge in [-0.15, -0.1) is 0 Å². The first kappa shape index (κ1) is 23.8. The van der Waals surface area contributed by atoms with Crippen LogP contribution in [0.1, 0.15) is 44.1 Å². The van der Waals surface area contributed by atoms with E-state index >= 15 is 0 Å². The monoisotopic (exact) mass is 428 g/mol. The molecule has 1 saturated carbocycles. The van der Waals surface area contributed by atoms with Crippen molar-refractivity contribution in [3.63, 3.8) is 0 Å². The Kier molecular flexibility index (Phi) is 9.76. The maximum Gasteiger partial charge on any atom is 0.422 e. The molecule has 1 aliphatic carbocycles. The van der Waals surface area contributed by atoms with Crippen LogP contribution in [0, 0.1) is 5.92 Å². The number of benzene rings is 1. The molecule has 30 heavy (non-hydrogen) atoms. The van der Waals surface area contributed by atoms with E-state index in [2.05, 4.69) is 25.7 Å². The second kappa shape index (κ2) is 12.3.